The first kappa shape index (κ1) is 24.0. The molecule has 0 fully saturated rings. The molecule has 0 saturated carbocycles. The SMILES string of the molecule is COc1cccc(OC)c1-n1c(CS(=O)(=O)CCc2ccc(F)cc2C#N)nnc1-c1ccco1. The smallest absolute Gasteiger partial charge is 0.204 e. The second kappa shape index (κ2) is 9.99. The van der Waals surface area contributed by atoms with E-state index in [9.17, 15) is 18.1 Å². The molecule has 0 aliphatic carbocycles. The van der Waals surface area contributed by atoms with E-state index in [1.54, 1.807) is 30.3 Å². The fourth-order valence-corrected chi connectivity index (χ4v) is 4.92. The number of aromatic nitrogens is 3. The first-order chi connectivity index (χ1) is 16.9. The molecule has 0 atom stereocenters. The summed E-state index contributed by atoms with van der Waals surface area (Å²) in [6, 6.07) is 14.1. The Balaban J connectivity index is 1.73. The van der Waals surface area contributed by atoms with Gasteiger partial charge in [0.25, 0.3) is 0 Å². The molecule has 11 heteroatoms. The van der Waals surface area contributed by atoms with Gasteiger partial charge in [-0.25, -0.2) is 12.8 Å². The minimum atomic E-state index is -3.73. The Hall–Kier alpha value is -4.17. The van der Waals surface area contributed by atoms with Gasteiger partial charge in [0.05, 0.1) is 37.9 Å². The highest BCUT2D eigenvalue weighted by Gasteiger charge is 2.26. The van der Waals surface area contributed by atoms with Crippen LogP contribution in [-0.4, -0.2) is 43.2 Å². The van der Waals surface area contributed by atoms with Gasteiger partial charge in [0.15, 0.2) is 21.4 Å². The zero-order chi connectivity index (χ0) is 25.0. The molecular formula is C24H21FN4O5S. The number of para-hydroxylation sites is 1. The number of rotatable bonds is 9. The first-order valence-electron chi connectivity index (χ1n) is 10.5. The number of hydrogen-bond donors (Lipinski definition) is 0. The Kier molecular flexibility index (Phi) is 6.84. The van der Waals surface area contributed by atoms with E-state index in [4.69, 9.17) is 13.9 Å². The van der Waals surface area contributed by atoms with Crippen molar-refractivity contribution < 1.29 is 26.7 Å². The summed E-state index contributed by atoms with van der Waals surface area (Å²) in [6.45, 7) is 0. The number of sulfone groups is 1. The van der Waals surface area contributed by atoms with Crippen molar-refractivity contribution in [3.05, 3.63) is 77.6 Å². The summed E-state index contributed by atoms with van der Waals surface area (Å²) in [5.74, 6) is 0.314. The van der Waals surface area contributed by atoms with Gasteiger partial charge in [-0.15, -0.1) is 10.2 Å². The normalized spacial score (nSPS) is 11.3. The van der Waals surface area contributed by atoms with Gasteiger partial charge in [-0.05, 0) is 48.4 Å². The summed E-state index contributed by atoms with van der Waals surface area (Å²) in [5, 5.41) is 17.6. The standard InChI is InChI=1S/C24H21FN4O5S/c1-32-19-5-3-6-20(33-2)23(19)29-22(27-28-24(29)21-7-4-11-34-21)15-35(30,31)12-10-16-8-9-18(25)13-17(16)14-26/h3-9,11,13H,10,12,15H2,1-2H3. The van der Waals surface area contributed by atoms with Crippen molar-refractivity contribution in [1.82, 2.24) is 14.8 Å². The third-order valence-corrected chi connectivity index (χ3v) is 6.84. The third kappa shape index (κ3) is 5.02. The van der Waals surface area contributed by atoms with Crippen molar-refractivity contribution in [2.75, 3.05) is 20.0 Å². The van der Waals surface area contributed by atoms with Crippen LogP contribution < -0.4 is 9.47 Å². The van der Waals surface area contributed by atoms with Crippen molar-refractivity contribution in [2.24, 2.45) is 0 Å². The first-order valence-corrected chi connectivity index (χ1v) is 12.3. The second-order valence-electron chi connectivity index (χ2n) is 7.52. The molecule has 0 aliphatic rings. The largest absolute Gasteiger partial charge is 0.494 e. The van der Waals surface area contributed by atoms with Gasteiger partial charge in [0.1, 0.15) is 28.8 Å². The van der Waals surface area contributed by atoms with Gasteiger partial charge in [-0.1, -0.05) is 12.1 Å². The van der Waals surface area contributed by atoms with Crippen molar-refractivity contribution in [1.29, 1.82) is 5.26 Å². The van der Waals surface area contributed by atoms with Crippen molar-refractivity contribution >= 4 is 9.84 Å². The molecule has 0 aliphatic heterocycles. The number of hydrogen-bond acceptors (Lipinski definition) is 8. The van der Waals surface area contributed by atoms with Crippen LogP contribution in [0.3, 0.4) is 0 Å². The summed E-state index contributed by atoms with van der Waals surface area (Å²) in [4.78, 5) is 0. The predicted octanol–water partition coefficient (Wildman–Crippen LogP) is 3.71. The Labute approximate surface area is 201 Å². The van der Waals surface area contributed by atoms with Crippen LogP contribution in [0.1, 0.15) is 17.0 Å². The van der Waals surface area contributed by atoms with E-state index < -0.39 is 21.4 Å². The number of nitrogens with zero attached hydrogens (tertiary/aromatic N) is 4. The molecule has 2 aromatic heterocycles. The van der Waals surface area contributed by atoms with E-state index in [-0.39, 0.29) is 29.4 Å². The van der Waals surface area contributed by atoms with Gasteiger partial charge in [-0.2, -0.15) is 5.26 Å². The van der Waals surface area contributed by atoms with Crippen LogP contribution in [-0.2, 0) is 22.0 Å². The molecule has 9 nitrogen and oxygen atoms in total. The number of furan rings is 1. The average molecular weight is 497 g/mol. The summed E-state index contributed by atoms with van der Waals surface area (Å²) in [6.07, 6.45) is 1.52. The predicted molar refractivity (Wildman–Crippen MR) is 124 cm³/mol. The van der Waals surface area contributed by atoms with Crippen LogP contribution in [0.15, 0.2) is 59.2 Å². The molecule has 35 heavy (non-hydrogen) atoms. The highest BCUT2D eigenvalue weighted by Crippen LogP contribution is 2.36. The van der Waals surface area contributed by atoms with E-state index >= 15 is 0 Å². The minimum absolute atomic E-state index is 0.0443. The zero-order valence-electron chi connectivity index (χ0n) is 18.9. The van der Waals surface area contributed by atoms with Crippen LogP contribution >= 0.6 is 0 Å². The summed E-state index contributed by atoms with van der Waals surface area (Å²) in [7, 11) is -0.757. The van der Waals surface area contributed by atoms with Crippen molar-refractivity contribution in [3.8, 4) is 34.8 Å². The quantitative estimate of drug-likeness (QED) is 0.344. The number of aryl methyl sites for hydroxylation is 1. The van der Waals surface area contributed by atoms with Crippen LogP contribution in [0.4, 0.5) is 4.39 Å². The maximum Gasteiger partial charge on any atom is 0.204 e. The maximum atomic E-state index is 13.4. The lowest BCUT2D eigenvalue weighted by Crippen LogP contribution is -2.16. The van der Waals surface area contributed by atoms with Crippen molar-refractivity contribution in [3.63, 3.8) is 0 Å². The van der Waals surface area contributed by atoms with Gasteiger partial charge in [0.2, 0.25) is 5.82 Å². The van der Waals surface area contributed by atoms with E-state index in [0.717, 1.165) is 6.07 Å². The fraction of sp³-hybridized carbons (Fsp3) is 0.208. The molecular weight excluding hydrogens is 475 g/mol. The average Bonchev–Trinajstić information content (AvgIpc) is 3.52. The number of benzene rings is 2. The Morgan fingerprint density at radius 1 is 1.09 bits per heavy atom. The van der Waals surface area contributed by atoms with Gasteiger partial charge >= 0.3 is 0 Å². The van der Waals surface area contributed by atoms with E-state index in [2.05, 4.69) is 10.2 Å². The monoisotopic (exact) mass is 496 g/mol. The van der Waals surface area contributed by atoms with E-state index in [1.807, 2.05) is 6.07 Å². The molecule has 4 rings (SSSR count). The third-order valence-electron chi connectivity index (χ3n) is 5.32. The van der Waals surface area contributed by atoms with Crippen LogP contribution in [0, 0.1) is 17.1 Å². The van der Waals surface area contributed by atoms with E-state index in [1.165, 1.54) is 37.2 Å². The number of methoxy groups -OCH3 is 2. The molecule has 0 amide bonds. The topological polar surface area (TPSA) is 120 Å². The van der Waals surface area contributed by atoms with Crippen molar-refractivity contribution in [2.45, 2.75) is 12.2 Å². The van der Waals surface area contributed by atoms with Crippen LogP contribution in [0.5, 0.6) is 11.5 Å². The molecule has 4 aromatic rings. The lowest BCUT2D eigenvalue weighted by atomic mass is 10.1. The summed E-state index contributed by atoms with van der Waals surface area (Å²) >= 11 is 0. The van der Waals surface area contributed by atoms with Crippen LogP contribution in [0.2, 0.25) is 0 Å². The molecule has 2 aromatic carbocycles. The second-order valence-corrected chi connectivity index (χ2v) is 9.70. The van der Waals surface area contributed by atoms with Gasteiger partial charge in [-0.3, -0.25) is 4.57 Å². The zero-order valence-corrected chi connectivity index (χ0v) is 19.8. The number of ether oxygens (including phenoxy) is 2. The highest BCUT2D eigenvalue weighted by atomic mass is 32.2. The van der Waals surface area contributed by atoms with Gasteiger partial charge < -0.3 is 13.9 Å². The maximum absolute atomic E-state index is 13.4. The summed E-state index contributed by atoms with van der Waals surface area (Å²) < 4.78 is 57.7. The highest BCUT2D eigenvalue weighted by molar-refractivity contribution is 7.90. The molecule has 0 unspecified atom stereocenters. The lowest BCUT2D eigenvalue weighted by Gasteiger charge is -2.17. The lowest BCUT2D eigenvalue weighted by molar-refractivity contribution is 0.390. The van der Waals surface area contributed by atoms with E-state index in [0.29, 0.717) is 28.5 Å². The van der Waals surface area contributed by atoms with Crippen LogP contribution in [0.25, 0.3) is 17.3 Å². The summed E-state index contributed by atoms with van der Waals surface area (Å²) in [5.41, 5.74) is 0.966. The molecule has 0 spiro atoms. The Morgan fingerprint density at radius 3 is 2.46 bits per heavy atom. The molecule has 0 bridgehead atoms. The molecule has 2 heterocycles. The number of halogens is 1. The fourth-order valence-electron chi connectivity index (χ4n) is 3.67. The molecule has 0 saturated heterocycles. The van der Waals surface area contributed by atoms with Gasteiger partial charge in [0, 0.05) is 0 Å². The Bertz CT molecular complexity index is 1470. The molecule has 0 N–H and O–H groups in total. The number of nitriles is 1. The Morgan fingerprint density at radius 2 is 1.83 bits per heavy atom. The minimum Gasteiger partial charge on any atom is -0.494 e. The molecule has 180 valence electrons. The molecule has 0 radical (unpaired) electrons.